The molecule has 3 heterocycles. The van der Waals surface area contributed by atoms with Gasteiger partial charge in [-0.1, -0.05) is 0 Å². The Hall–Kier alpha value is -2.29. The first-order valence-corrected chi connectivity index (χ1v) is 12.5. The van der Waals surface area contributed by atoms with Crippen molar-refractivity contribution >= 4 is 11.5 Å². The number of anilines is 2. The van der Waals surface area contributed by atoms with Crippen molar-refractivity contribution in [3.05, 3.63) is 36.5 Å². The summed E-state index contributed by atoms with van der Waals surface area (Å²) in [5.74, 6) is 0.967. The molecule has 2 aromatic rings. The van der Waals surface area contributed by atoms with Gasteiger partial charge in [-0.25, -0.2) is 9.37 Å². The first-order chi connectivity index (χ1) is 16.6. The predicted molar refractivity (Wildman–Crippen MR) is 134 cm³/mol. The molecule has 7 nitrogen and oxygen atoms in total. The zero-order chi connectivity index (χ0) is 23.8. The van der Waals surface area contributed by atoms with Crippen LogP contribution in [0.2, 0.25) is 0 Å². The van der Waals surface area contributed by atoms with Crippen LogP contribution in [0, 0.1) is 11.7 Å². The molecule has 3 N–H and O–H groups in total. The Bertz CT molecular complexity index is 901. The van der Waals surface area contributed by atoms with Gasteiger partial charge in [-0.05, 0) is 63.5 Å². The summed E-state index contributed by atoms with van der Waals surface area (Å²) in [5.41, 5.74) is 2.17. The van der Waals surface area contributed by atoms with Crippen LogP contribution in [0.4, 0.5) is 15.9 Å². The number of nitrogens with zero attached hydrogens (tertiary/aromatic N) is 2. The Labute approximate surface area is 202 Å². The lowest BCUT2D eigenvalue weighted by molar-refractivity contribution is 0.0699. The van der Waals surface area contributed by atoms with Crippen molar-refractivity contribution in [1.82, 2.24) is 15.3 Å². The fourth-order valence-electron chi connectivity index (χ4n) is 4.95. The van der Waals surface area contributed by atoms with Crippen LogP contribution in [0.25, 0.3) is 11.1 Å². The van der Waals surface area contributed by atoms with Crippen LogP contribution < -0.4 is 16.0 Å². The molecule has 1 saturated heterocycles. The normalized spacial score (nSPS) is 22.3. The van der Waals surface area contributed by atoms with E-state index in [0.29, 0.717) is 35.4 Å². The van der Waals surface area contributed by atoms with Gasteiger partial charge in [0.1, 0.15) is 11.6 Å². The van der Waals surface area contributed by atoms with Crippen LogP contribution >= 0.6 is 0 Å². The summed E-state index contributed by atoms with van der Waals surface area (Å²) in [6.07, 6.45) is 11.3. The maximum atomic E-state index is 14.7. The van der Waals surface area contributed by atoms with Crippen molar-refractivity contribution in [1.29, 1.82) is 0 Å². The molecule has 0 aromatic carbocycles. The van der Waals surface area contributed by atoms with Gasteiger partial charge in [0.15, 0.2) is 0 Å². The molecule has 1 atom stereocenters. The van der Waals surface area contributed by atoms with Gasteiger partial charge in [0.05, 0.1) is 18.5 Å². The number of hydrogen-bond acceptors (Lipinski definition) is 7. The molecule has 8 heteroatoms. The lowest BCUT2D eigenvalue weighted by Gasteiger charge is -2.31. The average molecular weight is 472 g/mol. The highest BCUT2D eigenvalue weighted by Crippen LogP contribution is 2.28. The maximum absolute atomic E-state index is 14.7. The summed E-state index contributed by atoms with van der Waals surface area (Å²) in [6, 6.07) is 4.98. The van der Waals surface area contributed by atoms with Crippen LogP contribution in [-0.4, -0.2) is 61.6 Å². The smallest absolute Gasteiger partial charge is 0.149 e. The van der Waals surface area contributed by atoms with Gasteiger partial charge < -0.3 is 25.4 Å². The van der Waals surface area contributed by atoms with E-state index in [1.165, 1.54) is 6.20 Å². The first-order valence-electron chi connectivity index (χ1n) is 12.5. The molecule has 34 heavy (non-hydrogen) atoms. The molecule has 186 valence electrons. The van der Waals surface area contributed by atoms with Crippen LogP contribution in [-0.2, 0) is 9.47 Å². The lowest BCUT2D eigenvalue weighted by Crippen LogP contribution is -2.42. The summed E-state index contributed by atoms with van der Waals surface area (Å²) in [5, 5.41) is 10.6. The molecule has 0 unspecified atom stereocenters. The van der Waals surface area contributed by atoms with E-state index in [9.17, 15) is 4.39 Å². The summed E-state index contributed by atoms with van der Waals surface area (Å²) in [4.78, 5) is 8.65. The Balaban J connectivity index is 1.34. The monoisotopic (exact) mass is 471 g/mol. The minimum atomic E-state index is -0.339. The third-order valence-electron chi connectivity index (χ3n) is 6.86. The number of ether oxygens (including phenoxy) is 2. The van der Waals surface area contributed by atoms with E-state index >= 15 is 0 Å². The van der Waals surface area contributed by atoms with Crippen LogP contribution in [0.3, 0.4) is 0 Å². The van der Waals surface area contributed by atoms with E-state index in [1.807, 2.05) is 6.07 Å². The third kappa shape index (κ3) is 7.10. The second-order valence-corrected chi connectivity index (χ2v) is 9.66. The standard InChI is InChI=1S/C26H38FN5O2/c1-18(17-33-2)31-21-3-5-22(6-4-21)32-26-12-24(25(27)16-30-26)20-11-23(15-28-14-20)29-13-19-7-9-34-10-8-19/h11-12,14-16,18-19,21-22,29,31H,3-10,13,17H2,1-2H3,(H,30,32)/t18-,21-,22-/m1/s1. The molecule has 4 rings (SSSR count). The van der Waals surface area contributed by atoms with Gasteiger partial charge in [0.2, 0.25) is 0 Å². The summed E-state index contributed by atoms with van der Waals surface area (Å²) >= 11 is 0. The van der Waals surface area contributed by atoms with E-state index in [1.54, 1.807) is 25.6 Å². The number of aromatic nitrogens is 2. The molecule has 0 bridgehead atoms. The van der Waals surface area contributed by atoms with E-state index in [-0.39, 0.29) is 5.82 Å². The average Bonchev–Trinajstić information content (AvgIpc) is 2.86. The molecule has 0 spiro atoms. The Kier molecular flexibility index (Phi) is 9.07. The van der Waals surface area contributed by atoms with E-state index in [4.69, 9.17) is 9.47 Å². The van der Waals surface area contributed by atoms with Gasteiger partial charge in [0.25, 0.3) is 0 Å². The van der Waals surface area contributed by atoms with E-state index < -0.39 is 0 Å². The fourth-order valence-corrected chi connectivity index (χ4v) is 4.95. The van der Waals surface area contributed by atoms with Crippen molar-refractivity contribution in [2.24, 2.45) is 5.92 Å². The second kappa shape index (κ2) is 12.4. The zero-order valence-electron chi connectivity index (χ0n) is 20.4. The number of hydrogen-bond donors (Lipinski definition) is 3. The predicted octanol–water partition coefficient (Wildman–Crippen LogP) is 4.47. The van der Waals surface area contributed by atoms with Crippen LogP contribution in [0.5, 0.6) is 0 Å². The Morgan fingerprint density at radius 3 is 2.59 bits per heavy atom. The highest BCUT2D eigenvalue weighted by molar-refractivity contribution is 5.69. The Morgan fingerprint density at radius 2 is 1.82 bits per heavy atom. The van der Waals surface area contributed by atoms with Crippen molar-refractivity contribution < 1.29 is 13.9 Å². The number of methoxy groups -OCH3 is 1. The summed E-state index contributed by atoms with van der Waals surface area (Å²) < 4.78 is 25.4. The highest BCUT2D eigenvalue weighted by Gasteiger charge is 2.23. The van der Waals surface area contributed by atoms with Gasteiger partial charge in [-0.15, -0.1) is 0 Å². The number of pyridine rings is 2. The topological polar surface area (TPSA) is 80.3 Å². The minimum Gasteiger partial charge on any atom is -0.384 e. The van der Waals surface area contributed by atoms with Crippen molar-refractivity contribution in [3.8, 4) is 11.1 Å². The largest absolute Gasteiger partial charge is 0.384 e. The first kappa shape index (κ1) is 24.8. The molecular weight excluding hydrogens is 433 g/mol. The van der Waals surface area contributed by atoms with Crippen molar-refractivity contribution in [3.63, 3.8) is 0 Å². The van der Waals surface area contributed by atoms with Gasteiger partial charge in [0, 0.05) is 68.5 Å². The SMILES string of the molecule is COC[C@@H](C)N[C@H]1CC[C@H](Nc2cc(-c3cncc(NCC4CCOCC4)c3)c(F)cn2)CC1. The van der Waals surface area contributed by atoms with Crippen LogP contribution in [0.15, 0.2) is 30.7 Å². The molecule has 1 saturated carbocycles. The molecule has 2 aliphatic rings. The van der Waals surface area contributed by atoms with Gasteiger partial charge >= 0.3 is 0 Å². The van der Waals surface area contributed by atoms with E-state index in [0.717, 1.165) is 76.1 Å². The molecule has 1 aliphatic carbocycles. The highest BCUT2D eigenvalue weighted by atomic mass is 19.1. The zero-order valence-corrected chi connectivity index (χ0v) is 20.4. The van der Waals surface area contributed by atoms with Crippen LogP contribution in [0.1, 0.15) is 45.4 Å². The molecule has 2 aromatic heterocycles. The second-order valence-electron chi connectivity index (χ2n) is 9.66. The molecule has 1 aliphatic heterocycles. The van der Waals surface area contributed by atoms with E-state index in [2.05, 4.69) is 32.8 Å². The summed E-state index contributed by atoms with van der Waals surface area (Å²) in [7, 11) is 1.74. The molecule has 2 fully saturated rings. The maximum Gasteiger partial charge on any atom is 0.149 e. The van der Waals surface area contributed by atoms with Crippen molar-refractivity contribution in [2.75, 3.05) is 44.1 Å². The third-order valence-corrected chi connectivity index (χ3v) is 6.86. The quantitative estimate of drug-likeness (QED) is 0.472. The minimum absolute atomic E-state index is 0.339. The number of halogens is 1. The number of rotatable bonds is 10. The molecule has 0 radical (unpaired) electrons. The fraction of sp³-hybridized carbons (Fsp3) is 0.615. The number of nitrogens with one attached hydrogen (secondary N) is 3. The van der Waals surface area contributed by atoms with Crippen molar-refractivity contribution in [2.45, 2.75) is 63.6 Å². The molecule has 0 amide bonds. The molecular formula is C26H38FN5O2. The lowest BCUT2D eigenvalue weighted by atomic mass is 9.90. The Morgan fingerprint density at radius 1 is 1.06 bits per heavy atom. The van der Waals surface area contributed by atoms with Gasteiger partial charge in [-0.2, -0.15) is 0 Å². The van der Waals surface area contributed by atoms with Gasteiger partial charge in [-0.3, -0.25) is 4.98 Å². The summed E-state index contributed by atoms with van der Waals surface area (Å²) in [6.45, 7) is 5.41.